The van der Waals surface area contributed by atoms with Crippen LogP contribution >= 0.6 is 0 Å². The van der Waals surface area contributed by atoms with Crippen LogP contribution in [0, 0.1) is 11.8 Å². The molecule has 1 atom stereocenters. The number of carbonyl (C=O) groups is 2. The number of anilines is 1. The smallest absolute Gasteiger partial charge is 0.348 e. The van der Waals surface area contributed by atoms with E-state index in [0.717, 1.165) is 10.6 Å². The van der Waals surface area contributed by atoms with Gasteiger partial charge in [0, 0.05) is 6.54 Å². The van der Waals surface area contributed by atoms with E-state index in [1.165, 1.54) is 12.0 Å². The summed E-state index contributed by atoms with van der Waals surface area (Å²) in [6.07, 6.45) is 1.21. The number of aryl methyl sites for hydroxylation is 1. The number of benzene rings is 1. The minimum atomic E-state index is -0.655. The second-order valence-electron chi connectivity index (χ2n) is 4.89. The van der Waals surface area contributed by atoms with Gasteiger partial charge in [0.2, 0.25) is 0 Å². The van der Waals surface area contributed by atoms with Gasteiger partial charge in [0.15, 0.2) is 0 Å². The van der Waals surface area contributed by atoms with Crippen molar-refractivity contribution in [2.45, 2.75) is 25.8 Å². The van der Waals surface area contributed by atoms with Gasteiger partial charge < -0.3 is 9.64 Å². The minimum absolute atomic E-state index is 0.371. The van der Waals surface area contributed by atoms with E-state index in [2.05, 4.69) is 10.0 Å². The Morgan fingerprint density at radius 1 is 1.33 bits per heavy atom. The van der Waals surface area contributed by atoms with Gasteiger partial charge in [0.1, 0.15) is 6.04 Å². The molecule has 1 aliphatic rings. The highest BCUT2D eigenvalue weighted by Gasteiger charge is 2.38. The highest BCUT2D eigenvalue weighted by molar-refractivity contribution is 5.94. The molecule has 21 heavy (non-hydrogen) atoms. The van der Waals surface area contributed by atoms with Gasteiger partial charge in [-0.3, -0.25) is 0 Å². The maximum absolute atomic E-state index is 12.4. The van der Waals surface area contributed by atoms with Gasteiger partial charge in [0.25, 0.3) is 0 Å². The third-order valence-electron chi connectivity index (χ3n) is 3.51. The summed E-state index contributed by atoms with van der Waals surface area (Å²) in [6, 6.07) is 5.57. The lowest BCUT2D eigenvalue weighted by molar-refractivity contribution is -0.144. The molecule has 1 aromatic carbocycles. The van der Waals surface area contributed by atoms with Crippen LogP contribution < -0.4 is 5.01 Å². The Morgan fingerprint density at radius 3 is 2.57 bits per heavy atom. The first-order valence-corrected chi connectivity index (χ1v) is 6.67. The van der Waals surface area contributed by atoms with E-state index in [4.69, 9.17) is 0 Å². The average molecular weight is 291 g/mol. The molecular weight excluding hydrogens is 274 g/mol. The lowest BCUT2D eigenvalue weighted by Gasteiger charge is -2.25. The van der Waals surface area contributed by atoms with Crippen molar-refractivity contribution >= 4 is 17.7 Å². The molecular formula is C14H17N3O4. The summed E-state index contributed by atoms with van der Waals surface area (Å²) < 4.78 is 4.69. The maximum atomic E-state index is 12.4. The molecule has 0 aliphatic carbocycles. The fraction of sp³-hybridized carbons (Fsp3) is 0.429. The summed E-state index contributed by atoms with van der Waals surface area (Å²) in [4.78, 5) is 36.5. The molecule has 0 bridgehead atoms. The van der Waals surface area contributed by atoms with Gasteiger partial charge in [-0.25, -0.2) is 9.59 Å². The Hall–Kier alpha value is -2.44. The molecule has 0 radical (unpaired) electrons. The van der Waals surface area contributed by atoms with Crippen molar-refractivity contribution in [2.75, 3.05) is 18.7 Å². The molecule has 1 saturated heterocycles. The van der Waals surface area contributed by atoms with E-state index < -0.39 is 18.0 Å². The van der Waals surface area contributed by atoms with Gasteiger partial charge in [-0.05, 0) is 31.9 Å². The predicted molar refractivity (Wildman–Crippen MR) is 76.6 cm³/mol. The zero-order valence-electron chi connectivity index (χ0n) is 12.0. The number of esters is 1. The molecule has 1 aliphatic heterocycles. The Bertz CT molecular complexity index is 544. The van der Waals surface area contributed by atoms with Crippen LogP contribution in [0.2, 0.25) is 0 Å². The van der Waals surface area contributed by atoms with Crippen LogP contribution in [0.3, 0.4) is 0 Å². The Balaban J connectivity index is 2.21. The van der Waals surface area contributed by atoms with Crippen molar-refractivity contribution in [2.24, 2.45) is 5.29 Å². The van der Waals surface area contributed by atoms with Crippen LogP contribution in [0.5, 0.6) is 0 Å². The second-order valence-corrected chi connectivity index (χ2v) is 4.89. The summed E-state index contributed by atoms with van der Waals surface area (Å²) in [5, 5.41) is 3.56. The summed E-state index contributed by atoms with van der Waals surface area (Å²) in [7, 11) is 1.28. The molecule has 0 spiro atoms. The lowest BCUT2D eigenvalue weighted by Crippen LogP contribution is -2.46. The molecule has 7 nitrogen and oxygen atoms in total. The van der Waals surface area contributed by atoms with E-state index in [-0.39, 0.29) is 0 Å². The predicted octanol–water partition coefficient (Wildman–Crippen LogP) is 2.24. The first kappa shape index (κ1) is 15.0. The summed E-state index contributed by atoms with van der Waals surface area (Å²) >= 11 is 0. The number of amides is 2. The van der Waals surface area contributed by atoms with Crippen LogP contribution in [0.15, 0.2) is 29.6 Å². The standard InChI is InChI=1S/C14H17N3O4/c1-10-5-7-11(8-6-10)17(15-20)14(19)16-9-3-4-12(16)13(18)21-2/h5-8,12H,3-4,9H2,1-2H3. The van der Waals surface area contributed by atoms with Gasteiger partial charge >= 0.3 is 12.0 Å². The van der Waals surface area contributed by atoms with E-state index in [0.29, 0.717) is 25.1 Å². The third-order valence-corrected chi connectivity index (χ3v) is 3.51. The Labute approximate surface area is 122 Å². The van der Waals surface area contributed by atoms with Gasteiger partial charge in [0.05, 0.1) is 18.1 Å². The highest BCUT2D eigenvalue weighted by atomic mass is 16.5. The molecule has 1 fully saturated rings. The number of carbonyl (C=O) groups excluding carboxylic acids is 2. The van der Waals surface area contributed by atoms with Crippen LogP contribution in [0.25, 0.3) is 0 Å². The summed E-state index contributed by atoms with van der Waals surface area (Å²) in [6.45, 7) is 2.30. The summed E-state index contributed by atoms with van der Waals surface area (Å²) in [5.41, 5.74) is 1.38. The van der Waals surface area contributed by atoms with E-state index in [1.807, 2.05) is 6.92 Å². The quantitative estimate of drug-likeness (QED) is 0.486. The molecule has 2 amide bonds. The Morgan fingerprint density at radius 2 is 2.00 bits per heavy atom. The summed E-state index contributed by atoms with van der Waals surface area (Å²) in [5.74, 6) is -0.476. The topological polar surface area (TPSA) is 79.3 Å². The average Bonchev–Trinajstić information content (AvgIpc) is 2.98. The zero-order chi connectivity index (χ0) is 15.4. The van der Waals surface area contributed by atoms with Crippen molar-refractivity contribution in [3.05, 3.63) is 34.7 Å². The first-order valence-electron chi connectivity index (χ1n) is 6.67. The number of urea groups is 1. The number of methoxy groups -OCH3 is 1. The maximum Gasteiger partial charge on any atom is 0.348 e. The third kappa shape index (κ3) is 3.01. The molecule has 0 aromatic heterocycles. The van der Waals surface area contributed by atoms with Crippen LogP contribution in [0.1, 0.15) is 18.4 Å². The molecule has 1 heterocycles. The number of likely N-dealkylation sites (tertiary alicyclic amines) is 1. The van der Waals surface area contributed by atoms with Crippen molar-refractivity contribution in [3.8, 4) is 0 Å². The molecule has 1 unspecified atom stereocenters. The van der Waals surface area contributed by atoms with Crippen LogP contribution in [-0.2, 0) is 9.53 Å². The van der Waals surface area contributed by atoms with Gasteiger partial charge in [-0.1, -0.05) is 17.7 Å². The molecule has 112 valence electrons. The minimum Gasteiger partial charge on any atom is -0.467 e. The van der Waals surface area contributed by atoms with Crippen molar-refractivity contribution in [3.63, 3.8) is 0 Å². The monoisotopic (exact) mass is 291 g/mol. The van der Waals surface area contributed by atoms with Crippen LogP contribution in [0.4, 0.5) is 10.5 Å². The molecule has 7 heteroatoms. The zero-order valence-corrected chi connectivity index (χ0v) is 12.0. The van der Waals surface area contributed by atoms with Crippen molar-refractivity contribution in [1.82, 2.24) is 4.90 Å². The fourth-order valence-electron chi connectivity index (χ4n) is 2.38. The fourth-order valence-corrected chi connectivity index (χ4v) is 2.38. The number of ether oxygens (including phenoxy) is 1. The van der Waals surface area contributed by atoms with E-state index in [1.54, 1.807) is 24.3 Å². The number of hydrogen-bond acceptors (Lipinski definition) is 5. The number of nitrogens with zero attached hydrogens (tertiary/aromatic N) is 3. The van der Waals surface area contributed by atoms with Crippen molar-refractivity contribution in [1.29, 1.82) is 0 Å². The largest absolute Gasteiger partial charge is 0.467 e. The van der Waals surface area contributed by atoms with Crippen molar-refractivity contribution < 1.29 is 14.3 Å². The Kier molecular flexibility index (Phi) is 4.52. The normalized spacial score (nSPS) is 17.4. The van der Waals surface area contributed by atoms with Gasteiger partial charge in [-0.15, -0.1) is 9.92 Å². The second kappa shape index (κ2) is 6.34. The number of rotatable bonds is 3. The molecule has 0 saturated carbocycles. The highest BCUT2D eigenvalue weighted by Crippen LogP contribution is 2.24. The first-order chi connectivity index (χ1) is 10.1. The molecule has 1 aromatic rings. The van der Waals surface area contributed by atoms with Crippen LogP contribution in [-0.4, -0.2) is 36.6 Å². The van der Waals surface area contributed by atoms with E-state index >= 15 is 0 Å². The number of nitroso groups, excluding NO2 is 1. The number of hydrogen-bond donors (Lipinski definition) is 0. The van der Waals surface area contributed by atoms with Gasteiger partial charge in [-0.2, -0.15) is 0 Å². The molecule has 2 rings (SSSR count). The molecule has 0 N–H and O–H groups in total. The van der Waals surface area contributed by atoms with E-state index in [9.17, 15) is 14.5 Å². The SMILES string of the molecule is COC(=O)C1CCCN1C(=O)N(N=O)c1ccc(C)cc1. The lowest BCUT2D eigenvalue weighted by atomic mass is 10.2.